The number of rotatable bonds is 3. The third-order valence-corrected chi connectivity index (χ3v) is 4.38. The van der Waals surface area contributed by atoms with Crippen molar-refractivity contribution in [1.29, 1.82) is 0 Å². The number of urea groups is 1. The van der Waals surface area contributed by atoms with E-state index in [-0.39, 0.29) is 24.0 Å². The fourth-order valence-corrected chi connectivity index (χ4v) is 3.05. The van der Waals surface area contributed by atoms with Gasteiger partial charge in [-0.2, -0.15) is 0 Å². The van der Waals surface area contributed by atoms with Crippen LogP contribution in [0.15, 0.2) is 24.3 Å². The first kappa shape index (κ1) is 14.7. The summed E-state index contributed by atoms with van der Waals surface area (Å²) in [5.74, 6) is 0.540. The zero-order chi connectivity index (χ0) is 15.5. The summed E-state index contributed by atoms with van der Waals surface area (Å²) in [6, 6.07) is 7.84. The molecule has 0 aromatic heterocycles. The number of fused-ring (bicyclic) bond motifs is 1. The molecule has 118 valence electrons. The topological polar surface area (TPSA) is 84.7 Å². The number of ether oxygens (including phenoxy) is 1. The lowest BCUT2D eigenvalue weighted by Gasteiger charge is -2.30. The summed E-state index contributed by atoms with van der Waals surface area (Å²) in [5, 5.41) is 2.92. The number of hydrogen-bond acceptors (Lipinski definition) is 3. The van der Waals surface area contributed by atoms with E-state index in [1.807, 2.05) is 24.3 Å². The van der Waals surface area contributed by atoms with Crippen LogP contribution in [-0.4, -0.2) is 42.6 Å². The zero-order valence-electron chi connectivity index (χ0n) is 12.5. The normalized spacial score (nSPS) is 21.1. The van der Waals surface area contributed by atoms with Crippen molar-refractivity contribution >= 4 is 11.9 Å². The maximum Gasteiger partial charge on any atom is 0.317 e. The van der Waals surface area contributed by atoms with Crippen molar-refractivity contribution in [2.45, 2.75) is 25.4 Å². The van der Waals surface area contributed by atoms with Crippen LogP contribution in [-0.2, 0) is 11.2 Å². The summed E-state index contributed by atoms with van der Waals surface area (Å²) in [7, 11) is 0. The van der Waals surface area contributed by atoms with Gasteiger partial charge in [0.1, 0.15) is 11.9 Å². The summed E-state index contributed by atoms with van der Waals surface area (Å²) in [6.07, 6.45) is 2.10. The summed E-state index contributed by atoms with van der Waals surface area (Å²) < 4.78 is 5.80. The van der Waals surface area contributed by atoms with E-state index < -0.39 is 0 Å². The van der Waals surface area contributed by atoms with Crippen molar-refractivity contribution in [2.24, 2.45) is 11.7 Å². The van der Waals surface area contributed by atoms with E-state index in [4.69, 9.17) is 10.5 Å². The molecule has 1 saturated heterocycles. The summed E-state index contributed by atoms with van der Waals surface area (Å²) in [6.45, 7) is 1.64. The second-order valence-corrected chi connectivity index (χ2v) is 5.90. The van der Waals surface area contributed by atoms with Crippen molar-refractivity contribution in [3.05, 3.63) is 29.8 Å². The number of nitrogens with one attached hydrogen (secondary N) is 1. The van der Waals surface area contributed by atoms with Crippen molar-refractivity contribution in [1.82, 2.24) is 10.2 Å². The molecule has 3 amide bonds. The van der Waals surface area contributed by atoms with Gasteiger partial charge in [0.05, 0.1) is 6.54 Å². The first-order valence-corrected chi connectivity index (χ1v) is 7.70. The Morgan fingerprint density at radius 3 is 2.68 bits per heavy atom. The minimum atomic E-state index is -0.267. The van der Waals surface area contributed by atoms with Gasteiger partial charge in [-0.1, -0.05) is 18.2 Å². The molecule has 2 heterocycles. The number of nitrogens with two attached hydrogens (primary N) is 1. The van der Waals surface area contributed by atoms with Crippen LogP contribution in [0.1, 0.15) is 18.4 Å². The number of para-hydroxylation sites is 1. The Labute approximate surface area is 129 Å². The molecular weight excluding hydrogens is 282 g/mol. The molecule has 22 heavy (non-hydrogen) atoms. The molecule has 1 aromatic rings. The second kappa shape index (κ2) is 6.25. The molecule has 0 unspecified atom stereocenters. The maximum absolute atomic E-state index is 12.1. The zero-order valence-corrected chi connectivity index (χ0v) is 12.5. The number of primary amides is 1. The lowest BCUT2D eigenvalue weighted by Crippen LogP contribution is -2.48. The number of nitrogens with zero attached hydrogens (tertiary/aromatic N) is 1. The van der Waals surface area contributed by atoms with Crippen molar-refractivity contribution < 1.29 is 14.3 Å². The van der Waals surface area contributed by atoms with E-state index in [1.165, 1.54) is 5.56 Å². The Bertz CT molecular complexity index is 543. The summed E-state index contributed by atoms with van der Waals surface area (Å²) >= 11 is 0. The monoisotopic (exact) mass is 303 g/mol. The number of likely N-dealkylation sites (tertiary alicyclic amines) is 1. The van der Waals surface area contributed by atoms with Crippen LogP contribution in [0.4, 0.5) is 4.79 Å². The highest BCUT2D eigenvalue weighted by Crippen LogP contribution is 2.27. The van der Waals surface area contributed by atoms with E-state index in [0.717, 1.165) is 12.2 Å². The molecule has 1 aromatic carbocycles. The van der Waals surface area contributed by atoms with E-state index >= 15 is 0 Å². The molecule has 1 fully saturated rings. The molecule has 0 aliphatic carbocycles. The predicted octanol–water partition coefficient (Wildman–Crippen LogP) is 0.897. The number of hydrogen-bond donors (Lipinski definition) is 2. The van der Waals surface area contributed by atoms with Crippen LogP contribution in [0.25, 0.3) is 0 Å². The van der Waals surface area contributed by atoms with Gasteiger partial charge >= 0.3 is 6.03 Å². The second-order valence-electron chi connectivity index (χ2n) is 5.90. The van der Waals surface area contributed by atoms with Gasteiger partial charge in [-0.3, -0.25) is 4.79 Å². The van der Waals surface area contributed by atoms with Gasteiger partial charge in [0.2, 0.25) is 5.91 Å². The summed E-state index contributed by atoms with van der Waals surface area (Å²) in [4.78, 5) is 25.0. The minimum Gasteiger partial charge on any atom is -0.488 e. The predicted molar refractivity (Wildman–Crippen MR) is 81.5 cm³/mol. The van der Waals surface area contributed by atoms with Gasteiger partial charge in [-0.25, -0.2) is 4.79 Å². The van der Waals surface area contributed by atoms with Crippen molar-refractivity contribution in [3.8, 4) is 5.75 Å². The Morgan fingerprint density at radius 2 is 2.00 bits per heavy atom. The van der Waals surface area contributed by atoms with Crippen molar-refractivity contribution in [3.63, 3.8) is 0 Å². The van der Waals surface area contributed by atoms with E-state index in [1.54, 1.807) is 4.90 Å². The molecule has 3 rings (SSSR count). The van der Waals surface area contributed by atoms with Gasteiger partial charge in [-0.15, -0.1) is 0 Å². The van der Waals surface area contributed by atoms with Gasteiger partial charge < -0.3 is 20.7 Å². The van der Waals surface area contributed by atoms with E-state index in [9.17, 15) is 9.59 Å². The van der Waals surface area contributed by atoms with Crippen LogP contribution in [0.2, 0.25) is 0 Å². The Kier molecular flexibility index (Phi) is 4.18. The lowest BCUT2D eigenvalue weighted by molar-refractivity contribution is -0.123. The standard InChI is InChI=1S/C16H21N3O3/c17-15(20)11-5-7-19(8-6-11)16(21)18-10-13-9-12-3-1-2-4-14(12)22-13/h1-4,11,13H,5-10H2,(H2,17,20)(H,18,21)/t13-/m0/s1. The fourth-order valence-electron chi connectivity index (χ4n) is 3.05. The molecule has 0 saturated carbocycles. The Hall–Kier alpha value is -2.24. The minimum absolute atomic E-state index is 0.00971. The third-order valence-electron chi connectivity index (χ3n) is 4.38. The van der Waals surface area contributed by atoms with Crippen LogP contribution in [0.5, 0.6) is 5.75 Å². The molecule has 3 N–H and O–H groups in total. The van der Waals surface area contributed by atoms with Crippen LogP contribution in [0, 0.1) is 5.92 Å². The first-order chi connectivity index (χ1) is 10.6. The molecule has 6 heteroatoms. The smallest absolute Gasteiger partial charge is 0.317 e. The highest BCUT2D eigenvalue weighted by atomic mass is 16.5. The Morgan fingerprint density at radius 1 is 1.27 bits per heavy atom. The molecule has 6 nitrogen and oxygen atoms in total. The van der Waals surface area contributed by atoms with Gasteiger partial charge in [0.15, 0.2) is 0 Å². The average Bonchev–Trinajstić information content (AvgIpc) is 2.95. The molecule has 2 aliphatic heterocycles. The van der Waals surface area contributed by atoms with Gasteiger partial charge in [-0.05, 0) is 24.5 Å². The highest BCUT2D eigenvalue weighted by molar-refractivity contribution is 5.78. The van der Waals surface area contributed by atoms with E-state index in [2.05, 4.69) is 5.32 Å². The number of carbonyl (C=O) groups excluding carboxylic acids is 2. The van der Waals surface area contributed by atoms with Gasteiger partial charge in [0.25, 0.3) is 0 Å². The molecular formula is C16H21N3O3. The average molecular weight is 303 g/mol. The molecule has 1 atom stereocenters. The number of amides is 3. The number of benzene rings is 1. The molecule has 0 spiro atoms. The highest BCUT2D eigenvalue weighted by Gasteiger charge is 2.27. The summed E-state index contributed by atoms with van der Waals surface area (Å²) in [5.41, 5.74) is 6.48. The molecule has 2 aliphatic rings. The lowest BCUT2D eigenvalue weighted by atomic mass is 9.96. The Balaban J connectivity index is 1.43. The van der Waals surface area contributed by atoms with E-state index in [0.29, 0.717) is 32.5 Å². The largest absolute Gasteiger partial charge is 0.488 e. The third kappa shape index (κ3) is 3.16. The molecule has 0 radical (unpaired) electrons. The van der Waals surface area contributed by atoms with Crippen LogP contribution >= 0.6 is 0 Å². The quantitative estimate of drug-likeness (QED) is 0.870. The van der Waals surface area contributed by atoms with Crippen molar-refractivity contribution in [2.75, 3.05) is 19.6 Å². The SMILES string of the molecule is NC(=O)C1CCN(C(=O)NC[C@@H]2Cc3ccccc3O2)CC1. The fraction of sp³-hybridized carbons (Fsp3) is 0.500. The number of carbonyl (C=O) groups is 2. The number of piperidine rings is 1. The maximum atomic E-state index is 12.1. The van der Waals surface area contributed by atoms with Gasteiger partial charge in [0, 0.05) is 25.4 Å². The molecule has 0 bridgehead atoms. The van der Waals surface area contributed by atoms with Crippen LogP contribution in [0.3, 0.4) is 0 Å². The van der Waals surface area contributed by atoms with Crippen LogP contribution < -0.4 is 15.8 Å². The first-order valence-electron chi connectivity index (χ1n) is 7.70.